The third-order valence-corrected chi connectivity index (χ3v) is 3.38. The van der Waals surface area contributed by atoms with Crippen LogP contribution < -0.4 is 10.0 Å². The van der Waals surface area contributed by atoms with Crippen LogP contribution in [0.4, 0.5) is 17.3 Å². The van der Waals surface area contributed by atoms with Gasteiger partial charge in [0.25, 0.3) is 0 Å². The van der Waals surface area contributed by atoms with Crippen molar-refractivity contribution in [3.05, 3.63) is 42.0 Å². The van der Waals surface area contributed by atoms with E-state index in [1.165, 1.54) is 5.56 Å². The van der Waals surface area contributed by atoms with Crippen LogP contribution in [0.3, 0.4) is 0 Å². The molecule has 2 N–H and O–H groups in total. The Kier molecular flexibility index (Phi) is 4.42. The molecule has 0 aliphatic carbocycles. The zero-order valence-electron chi connectivity index (χ0n) is 12.2. The van der Waals surface area contributed by atoms with Crippen molar-refractivity contribution in [2.75, 3.05) is 16.3 Å². The summed E-state index contributed by atoms with van der Waals surface area (Å²) >= 11 is 0. The smallest absolute Gasteiger partial charge is 0.231 e. The zero-order valence-corrected chi connectivity index (χ0v) is 13.0. The Morgan fingerprint density at radius 3 is 2.19 bits per heavy atom. The Labute approximate surface area is 124 Å². The van der Waals surface area contributed by atoms with E-state index in [1.807, 2.05) is 18.2 Å². The molecule has 0 spiro atoms. The van der Waals surface area contributed by atoms with E-state index in [-0.39, 0.29) is 5.82 Å². The predicted molar refractivity (Wildman–Crippen MR) is 84.3 cm³/mol. The highest BCUT2D eigenvalue weighted by Crippen LogP contribution is 2.26. The highest BCUT2D eigenvalue weighted by molar-refractivity contribution is 7.92. The number of sulfonamides is 1. The maximum atomic E-state index is 11.1. The van der Waals surface area contributed by atoms with E-state index in [0.717, 1.165) is 11.9 Å². The summed E-state index contributed by atoms with van der Waals surface area (Å²) in [6, 6.07) is 11.2. The van der Waals surface area contributed by atoms with Crippen molar-refractivity contribution in [3.63, 3.8) is 0 Å². The second kappa shape index (κ2) is 6.09. The number of hydrogen-bond donors (Lipinski definition) is 2. The van der Waals surface area contributed by atoms with Crippen LogP contribution in [0, 0.1) is 0 Å². The fraction of sp³-hybridized carbons (Fsp3) is 0.286. The van der Waals surface area contributed by atoms with E-state index in [4.69, 9.17) is 0 Å². The van der Waals surface area contributed by atoms with Gasteiger partial charge < -0.3 is 5.32 Å². The molecule has 0 unspecified atom stereocenters. The average Bonchev–Trinajstić information content (AvgIpc) is 2.40. The standard InChI is InChI=1S/C14H18N4O2S/c1-10(2)11-6-4-5-7-12(11)15-13-8-9-14(17-16-13)18-21(3,19)20/h4-10H,1-3H3,(H,15,16)(H,17,18). The molecule has 0 amide bonds. The normalized spacial score (nSPS) is 11.4. The Morgan fingerprint density at radius 1 is 1.00 bits per heavy atom. The molecule has 0 aliphatic heterocycles. The number of para-hydroxylation sites is 1. The molecule has 112 valence electrons. The minimum atomic E-state index is -3.34. The summed E-state index contributed by atoms with van der Waals surface area (Å²) in [5.74, 6) is 1.13. The minimum absolute atomic E-state index is 0.195. The van der Waals surface area contributed by atoms with E-state index < -0.39 is 10.0 Å². The number of aromatic nitrogens is 2. The van der Waals surface area contributed by atoms with Gasteiger partial charge in [0.1, 0.15) is 0 Å². The number of nitrogens with zero attached hydrogens (tertiary/aromatic N) is 2. The summed E-state index contributed by atoms with van der Waals surface area (Å²) in [5, 5.41) is 11.0. The van der Waals surface area contributed by atoms with Crippen molar-refractivity contribution in [1.29, 1.82) is 0 Å². The molecule has 2 aromatic rings. The number of hydrogen-bond acceptors (Lipinski definition) is 5. The van der Waals surface area contributed by atoms with E-state index in [2.05, 4.69) is 40.2 Å². The van der Waals surface area contributed by atoms with Crippen LogP contribution in [0.2, 0.25) is 0 Å². The molecule has 0 fully saturated rings. The first-order chi connectivity index (χ1) is 9.85. The predicted octanol–water partition coefficient (Wildman–Crippen LogP) is 2.72. The SMILES string of the molecule is CC(C)c1ccccc1Nc1ccc(NS(C)(=O)=O)nn1. The first kappa shape index (κ1) is 15.2. The van der Waals surface area contributed by atoms with Gasteiger partial charge in [-0.25, -0.2) is 8.42 Å². The maximum Gasteiger partial charge on any atom is 0.231 e. The lowest BCUT2D eigenvalue weighted by Gasteiger charge is -2.13. The molecule has 0 bridgehead atoms. The largest absolute Gasteiger partial charge is 0.338 e. The average molecular weight is 306 g/mol. The van der Waals surface area contributed by atoms with E-state index in [0.29, 0.717) is 11.7 Å². The summed E-state index contributed by atoms with van der Waals surface area (Å²) in [7, 11) is -3.34. The third-order valence-electron chi connectivity index (χ3n) is 2.80. The second-order valence-electron chi connectivity index (χ2n) is 5.04. The minimum Gasteiger partial charge on any atom is -0.338 e. The fourth-order valence-electron chi connectivity index (χ4n) is 1.90. The number of rotatable bonds is 5. The van der Waals surface area contributed by atoms with Gasteiger partial charge in [-0.05, 0) is 29.7 Å². The lowest BCUT2D eigenvalue weighted by atomic mass is 10.0. The van der Waals surface area contributed by atoms with Crippen LogP contribution >= 0.6 is 0 Å². The van der Waals surface area contributed by atoms with Gasteiger partial charge in [-0.3, -0.25) is 4.72 Å². The van der Waals surface area contributed by atoms with Crippen LogP contribution in [0.25, 0.3) is 0 Å². The summed E-state index contributed by atoms with van der Waals surface area (Å²) in [6.45, 7) is 4.23. The molecular weight excluding hydrogens is 288 g/mol. The molecule has 0 saturated heterocycles. The molecule has 0 radical (unpaired) electrons. The number of anilines is 3. The van der Waals surface area contributed by atoms with Crippen molar-refractivity contribution >= 4 is 27.3 Å². The van der Waals surface area contributed by atoms with Gasteiger partial charge in [-0.15, -0.1) is 10.2 Å². The van der Waals surface area contributed by atoms with Crippen LogP contribution in [0.15, 0.2) is 36.4 Å². The van der Waals surface area contributed by atoms with Gasteiger partial charge in [0, 0.05) is 5.69 Å². The Hall–Kier alpha value is -2.15. The van der Waals surface area contributed by atoms with Crippen LogP contribution in [0.5, 0.6) is 0 Å². The van der Waals surface area contributed by atoms with Crippen molar-refractivity contribution < 1.29 is 8.42 Å². The van der Waals surface area contributed by atoms with Gasteiger partial charge in [0.2, 0.25) is 10.0 Å². The molecule has 21 heavy (non-hydrogen) atoms. The van der Waals surface area contributed by atoms with Crippen molar-refractivity contribution in [3.8, 4) is 0 Å². The van der Waals surface area contributed by atoms with E-state index >= 15 is 0 Å². The topological polar surface area (TPSA) is 84.0 Å². The molecule has 1 heterocycles. The van der Waals surface area contributed by atoms with Gasteiger partial charge in [-0.2, -0.15) is 0 Å². The first-order valence-corrected chi connectivity index (χ1v) is 8.42. The highest BCUT2D eigenvalue weighted by Gasteiger charge is 2.08. The van der Waals surface area contributed by atoms with E-state index in [1.54, 1.807) is 12.1 Å². The Bertz CT molecular complexity index is 712. The molecule has 2 rings (SSSR count). The highest BCUT2D eigenvalue weighted by atomic mass is 32.2. The number of benzene rings is 1. The molecule has 0 aliphatic rings. The molecule has 1 aromatic carbocycles. The maximum absolute atomic E-state index is 11.1. The van der Waals surface area contributed by atoms with Gasteiger partial charge in [0.15, 0.2) is 11.6 Å². The third kappa shape index (κ3) is 4.42. The summed E-state index contributed by atoms with van der Waals surface area (Å²) < 4.78 is 24.5. The van der Waals surface area contributed by atoms with Crippen LogP contribution in [-0.4, -0.2) is 24.9 Å². The van der Waals surface area contributed by atoms with Crippen molar-refractivity contribution in [1.82, 2.24) is 10.2 Å². The van der Waals surface area contributed by atoms with Gasteiger partial charge >= 0.3 is 0 Å². The Balaban J connectivity index is 2.18. The molecule has 7 heteroatoms. The molecule has 6 nitrogen and oxygen atoms in total. The van der Waals surface area contributed by atoms with E-state index in [9.17, 15) is 8.42 Å². The van der Waals surface area contributed by atoms with Crippen LogP contribution in [-0.2, 0) is 10.0 Å². The summed E-state index contributed by atoms with van der Waals surface area (Å²) in [6.07, 6.45) is 1.07. The lowest BCUT2D eigenvalue weighted by Crippen LogP contribution is -2.11. The number of nitrogens with one attached hydrogen (secondary N) is 2. The second-order valence-corrected chi connectivity index (χ2v) is 6.79. The zero-order chi connectivity index (χ0) is 15.5. The van der Waals surface area contributed by atoms with Crippen molar-refractivity contribution in [2.45, 2.75) is 19.8 Å². The lowest BCUT2D eigenvalue weighted by molar-refractivity contribution is 0.606. The van der Waals surface area contributed by atoms with Gasteiger partial charge in [-0.1, -0.05) is 32.0 Å². The first-order valence-electron chi connectivity index (χ1n) is 6.52. The van der Waals surface area contributed by atoms with Gasteiger partial charge in [0.05, 0.1) is 6.26 Å². The summed E-state index contributed by atoms with van der Waals surface area (Å²) in [4.78, 5) is 0. The molecule has 0 atom stereocenters. The Morgan fingerprint density at radius 2 is 1.62 bits per heavy atom. The van der Waals surface area contributed by atoms with Crippen LogP contribution in [0.1, 0.15) is 25.3 Å². The quantitative estimate of drug-likeness (QED) is 0.887. The summed E-state index contributed by atoms with van der Waals surface area (Å²) in [5.41, 5.74) is 2.14. The van der Waals surface area contributed by atoms with Crippen molar-refractivity contribution in [2.24, 2.45) is 0 Å². The fourth-order valence-corrected chi connectivity index (χ4v) is 2.38. The molecule has 1 aromatic heterocycles. The monoisotopic (exact) mass is 306 g/mol. The molecular formula is C14H18N4O2S. The molecule has 0 saturated carbocycles.